The molecule has 4 nitrogen and oxygen atoms in total. The Kier molecular flexibility index (Phi) is 4.26. The fraction of sp³-hybridized carbons (Fsp3) is 0.200. The van der Waals surface area contributed by atoms with Crippen LogP contribution in [0.5, 0.6) is 5.75 Å². The number of halogens is 1. The standard InChI is InChI=1S/C15H13BrN2O2/c1-10(16)13-8-14(20-2)12(9-17)15(19)18(13)11-6-4-3-5-7-11/h3-8,10H,1-2H3. The molecule has 1 heterocycles. The minimum absolute atomic E-state index is 0.00764. The van der Waals surface area contributed by atoms with Crippen molar-refractivity contribution in [3.63, 3.8) is 0 Å². The maximum absolute atomic E-state index is 12.5. The minimum Gasteiger partial charge on any atom is -0.495 e. The van der Waals surface area contributed by atoms with Gasteiger partial charge in [0, 0.05) is 17.4 Å². The summed E-state index contributed by atoms with van der Waals surface area (Å²) in [4.78, 5) is 12.5. The van der Waals surface area contributed by atoms with Gasteiger partial charge in [-0.3, -0.25) is 9.36 Å². The van der Waals surface area contributed by atoms with E-state index in [0.717, 1.165) is 11.4 Å². The molecule has 102 valence electrons. The van der Waals surface area contributed by atoms with E-state index >= 15 is 0 Å². The van der Waals surface area contributed by atoms with Crippen LogP contribution in [-0.4, -0.2) is 11.7 Å². The molecule has 1 atom stereocenters. The number of benzene rings is 1. The number of nitriles is 1. The number of hydrogen-bond donors (Lipinski definition) is 0. The van der Waals surface area contributed by atoms with Crippen LogP contribution in [0.4, 0.5) is 0 Å². The monoisotopic (exact) mass is 332 g/mol. The van der Waals surface area contributed by atoms with Gasteiger partial charge < -0.3 is 4.74 Å². The zero-order valence-electron chi connectivity index (χ0n) is 11.1. The molecule has 0 fully saturated rings. The van der Waals surface area contributed by atoms with Gasteiger partial charge >= 0.3 is 0 Å². The number of aromatic nitrogens is 1. The molecule has 2 rings (SSSR count). The van der Waals surface area contributed by atoms with E-state index in [4.69, 9.17) is 4.74 Å². The van der Waals surface area contributed by atoms with Crippen LogP contribution >= 0.6 is 15.9 Å². The van der Waals surface area contributed by atoms with Gasteiger partial charge in [0.2, 0.25) is 0 Å². The Morgan fingerprint density at radius 1 is 1.35 bits per heavy atom. The molecule has 0 saturated carbocycles. The van der Waals surface area contributed by atoms with Crippen LogP contribution < -0.4 is 10.3 Å². The zero-order chi connectivity index (χ0) is 14.7. The Morgan fingerprint density at radius 3 is 2.50 bits per heavy atom. The van der Waals surface area contributed by atoms with E-state index in [-0.39, 0.29) is 15.9 Å². The van der Waals surface area contributed by atoms with Crippen LogP contribution in [0.15, 0.2) is 41.2 Å². The first-order chi connectivity index (χ1) is 9.60. The maximum Gasteiger partial charge on any atom is 0.277 e. The number of para-hydroxylation sites is 1. The SMILES string of the molecule is COc1cc(C(C)Br)n(-c2ccccc2)c(=O)c1C#N. The predicted molar refractivity (Wildman–Crippen MR) is 80.6 cm³/mol. The smallest absolute Gasteiger partial charge is 0.277 e. The van der Waals surface area contributed by atoms with E-state index in [1.54, 1.807) is 6.07 Å². The highest BCUT2D eigenvalue weighted by Crippen LogP contribution is 2.27. The van der Waals surface area contributed by atoms with Crippen molar-refractivity contribution >= 4 is 15.9 Å². The van der Waals surface area contributed by atoms with E-state index in [1.807, 2.05) is 43.3 Å². The van der Waals surface area contributed by atoms with E-state index in [1.165, 1.54) is 11.7 Å². The molecule has 0 aliphatic heterocycles. The molecule has 0 aliphatic rings. The highest BCUT2D eigenvalue weighted by Gasteiger charge is 2.18. The molecule has 0 amide bonds. The molecule has 1 aromatic carbocycles. The largest absolute Gasteiger partial charge is 0.495 e. The van der Waals surface area contributed by atoms with E-state index in [0.29, 0.717) is 5.75 Å². The maximum atomic E-state index is 12.5. The number of pyridine rings is 1. The lowest BCUT2D eigenvalue weighted by Crippen LogP contribution is -2.25. The summed E-state index contributed by atoms with van der Waals surface area (Å²) in [5.41, 5.74) is 1.09. The Morgan fingerprint density at radius 2 is 2.00 bits per heavy atom. The van der Waals surface area contributed by atoms with Crippen LogP contribution in [0.3, 0.4) is 0 Å². The third-order valence-corrected chi connectivity index (χ3v) is 3.42. The number of alkyl halides is 1. The topological polar surface area (TPSA) is 55.0 Å². The Bertz CT molecular complexity index is 715. The first kappa shape index (κ1) is 14.4. The van der Waals surface area contributed by atoms with Crippen LogP contribution in [0.1, 0.15) is 23.0 Å². The van der Waals surface area contributed by atoms with Crippen molar-refractivity contribution in [2.24, 2.45) is 0 Å². The van der Waals surface area contributed by atoms with Crippen LogP contribution in [0.2, 0.25) is 0 Å². The molecular weight excluding hydrogens is 320 g/mol. The predicted octanol–water partition coefficient (Wildman–Crippen LogP) is 3.17. The van der Waals surface area contributed by atoms with Crippen molar-refractivity contribution in [2.45, 2.75) is 11.8 Å². The van der Waals surface area contributed by atoms with E-state index < -0.39 is 0 Å². The van der Waals surface area contributed by atoms with Gasteiger partial charge in [-0.25, -0.2) is 0 Å². The fourth-order valence-corrected chi connectivity index (χ4v) is 2.34. The first-order valence-electron chi connectivity index (χ1n) is 6.03. The van der Waals surface area contributed by atoms with Gasteiger partial charge in [0.25, 0.3) is 5.56 Å². The summed E-state index contributed by atoms with van der Waals surface area (Å²) in [5.74, 6) is 0.297. The average molecular weight is 333 g/mol. The van der Waals surface area contributed by atoms with Crippen molar-refractivity contribution in [2.75, 3.05) is 7.11 Å². The number of nitrogens with zero attached hydrogens (tertiary/aromatic N) is 2. The lowest BCUT2D eigenvalue weighted by atomic mass is 10.1. The third kappa shape index (κ3) is 2.47. The molecule has 0 aliphatic carbocycles. The van der Waals surface area contributed by atoms with Gasteiger partial charge in [-0.05, 0) is 19.1 Å². The molecule has 5 heteroatoms. The second-order valence-corrected chi connectivity index (χ2v) is 5.59. The van der Waals surface area contributed by atoms with Crippen molar-refractivity contribution in [3.8, 4) is 17.5 Å². The Hall–Kier alpha value is -2.06. The first-order valence-corrected chi connectivity index (χ1v) is 6.95. The molecule has 20 heavy (non-hydrogen) atoms. The summed E-state index contributed by atoms with van der Waals surface area (Å²) in [7, 11) is 1.45. The van der Waals surface area contributed by atoms with Crippen molar-refractivity contribution in [3.05, 3.63) is 58.0 Å². The van der Waals surface area contributed by atoms with Gasteiger partial charge in [-0.2, -0.15) is 5.26 Å². The van der Waals surface area contributed by atoms with Gasteiger partial charge in [0.05, 0.1) is 11.9 Å². The van der Waals surface area contributed by atoms with Gasteiger partial charge in [-0.1, -0.05) is 34.1 Å². The lowest BCUT2D eigenvalue weighted by Gasteiger charge is -2.17. The summed E-state index contributed by atoms with van der Waals surface area (Å²) < 4.78 is 6.67. The van der Waals surface area contributed by atoms with E-state index in [2.05, 4.69) is 15.9 Å². The van der Waals surface area contributed by atoms with Gasteiger partial charge in [0.15, 0.2) is 5.56 Å². The summed E-state index contributed by atoms with van der Waals surface area (Å²) >= 11 is 3.48. The molecule has 1 aromatic heterocycles. The normalized spacial score (nSPS) is 11.7. The Labute approximate surface area is 125 Å². The summed E-state index contributed by atoms with van der Waals surface area (Å²) in [5, 5.41) is 9.18. The van der Waals surface area contributed by atoms with Crippen LogP contribution in [0, 0.1) is 11.3 Å². The average Bonchev–Trinajstić information content (AvgIpc) is 2.46. The number of methoxy groups -OCH3 is 1. The zero-order valence-corrected chi connectivity index (χ0v) is 12.7. The molecule has 0 saturated heterocycles. The number of ether oxygens (including phenoxy) is 1. The molecule has 1 unspecified atom stereocenters. The Balaban J connectivity index is 2.86. The quantitative estimate of drug-likeness (QED) is 0.811. The molecule has 2 aromatic rings. The second kappa shape index (κ2) is 5.93. The molecule has 0 radical (unpaired) electrons. The lowest BCUT2D eigenvalue weighted by molar-refractivity contribution is 0.410. The number of rotatable bonds is 3. The fourth-order valence-electron chi connectivity index (χ4n) is 2.01. The summed E-state index contributed by atoms with van der Waals surface area (Å²) in [6.45, 7) is 1.92. The van der Waals surface area contributed by atoms with Crippen molar-refractivity contribution < 1.29 is 4.74 Å². The van der Waals surface area contributed by atoms with E-state index in [9.17, 15) is 10.1 Å². The van der Waals surface area contributed by atoms with Gasteiger partial charge in [-0.15, -0.1) is 0 Å². The molecule has 0 spiro atoms. The molecule has 0 N–H and O–H groups in total. The third-order valence-electron chi connectivity index (χ3n) is 2.95. The van der Waals surface area contributed by atoms with Crippen LogP contribution in [0.25, 0.3) is 5.69 Å². The van der Waals surface area contributed by atoms with Gasteiger partial charge in [0.1, 0.15) is 11.8 Å². The minimum atomic E-state index is -0.376. The number of hydrogen-bond acceptors (Lipinski definition) is 3. The summed E-state index contributed by atoms with van der Waals surface area (Å²) in [6.07, 6.45) is 0. The molecular formula is C15H13BrN2O2. The van der Waals surface area contributed by atoms with Crippen LogP contribution in [-0.2, 0) is 0 Å². The molecule has 0 bridgehead atoms. The van der Waals surface area contributed by atoms with Crippen molar-refractivity contribution in [1.82, 2.24) is 4.57 Å². The van der Waals surface area contributed by atoms with Crippen molar-refractivity contribution in [1.29, 1.82) is 5.26 Å². The highest BCUT2D eigenvalue weighted by atomic mass is 79.9. The highest BCUT2D eigenvalue weighted by molar-refractivity contribution is 9.09. The summed E-state index contributed by atoms with van der Waals surface area (Å²) in [6, 6.07) is 12.9. The second-order valence-electron chi connectivity index (χ2n) is 4.22.